The molecular weight excluding hydrogens is 725 g/mol. The number of nitrogen functional groups attached to an aromatic ring is 1. The fraction of sp³-hybridized carbons (Fsp3) is 0.275. The standard InChI is InChI=1S/2C15H14O.C10H14N5O7P/c2*1-2-6-12(7-3-1)15-11-10-13-8-4-5-9-14(13)16-15;11-8-5-9(13-2-12-8)15(3-14-5)10-7(17)6(16)4(22-10)1-21-23(18,19)20/h2*1-9,15H,10-11H2;2-4,6-7,10,16-17H,1H2,(H2,11,12,13)(H2,18,19,20)/t;;4-,6-,7-,10-/m..1/s1. The summed E-state index contributed by atoms with van der Waals surface area (Å²) in [6, 6.07) is 37.5. The number of aromatic nitrogens is 4. The van der Waals surface area contributed by atoms with E-state index in [0.29, 0.717) is 5.52 Å². The van der Waals surface area contributed by atoms with E-state index in [0.717, 1.165) is 37.2 Å². The molecule has 3 aliphatic heterocycles. The van der Waals surface area contributed by atoms with Gasteiger partial charge >= 0.3 is 7.82 Å². The number of ether oxygens (including phenoxy) is 3. The highest BCUT2D eigenvalue weighted by Crippen LogP contribution is 2.39. The molecular formula is C40H42N5O9P. The number of phosphoric acid groups is 1. The van der Waals surface area contributed by atoms with E-state index in [9.17, 15) is 14.8 Å². The summed E-state index contributed by atoms with van der Waals surface area (Å²) in [5.74, 6) is 2.23. The van der Waals surface area contributed by atoms with E-state index in [2.05, 4.69) is 104 Å². The van der Waals surface area contributed by atoms with Crippen LogP contribution in [-0.2, 0) is 26.7 Å². The predicted molar refractivity (Wildman–Crippen MR) is 203 cm³/mol. The SMILES string of the molecule is Nc1ncnc2c1ncn2[C@@H]1O[C@H](COP(=O)(O)O)[C@@H](O)[C@H]1O.c1ccc(C2CCc3ccccc3O2)cc1.c1ccc(C2CCc3ccccc3O2)cc1. The molecule has 2 aromatic heterocycles. The van der Waals surface area contributed by atoms with E-state index < -0.39 is 39.0 Å². The van der Waals surface area contributed by atoms with Gasteiger partial charge in [0.1, 0.15) is 53.9 Å². The number of nitrogens with zero attached hydrogens (tertiary/aromatic N) is 4. The van der Waals surface area contributed by atoms with Gasteiger partial charge in [-0.05, 0) is 60.1 Å². The number of benzene rings is 4. The summed E-state index contributed by atoms with van der Waals surface area (Å²) in [4.78, 5) is 29.2. The van der Waals surface area contributed by atoms with Crippen LogP contribution >= 0.6 is 7.82 Å². The molecule has 1 saturated heterocycles. The first-order chi connectivity index (χ1) is 26.6. The minimum atomic E-state index is -4.72. The zero-order valence-electron chi connectivity index (χ0n) is 29.7. The van der Waals surface area contributed by atoms with Crippen molar-refractivity contribution in [3.63, 3.8) is 0 Å². The Balaban J connectivity index is 0.000000130. The Labute approximate surface area is 317 Å². The number of anilines is 1. The van der Waals surface area contributed by atoms with Crippen LogP contribution in [0.1, 0.15) is 53.5 Å². The van der Waals surface area contributed by atoms with Gasteiger partial charge in [-0.3, -0.25) is 9.09 Å². The number of rotatable bonds is 6. The van der Waals surface area contributed by atoms with Gasteiger partial charge < -0.3 is 39.9 Å². The molecule has 0 spiro atoms. The van der Waals surface area contributed by atoms with Crippen molar-refractivity contribution in [3.05, 3.63) is 144 Å². The van der Waals surface area contributed by atoms with Crippen molar-refractivity contribution in [2.24, 2.45) is 0 Å². The molecule has 55 heavy (non-hydrogen) atoms. The largest absolute Gasteiger partial charge is 0.485 e. The fourth-order valence-corrected chi connectivity index (χ4v) is 7.12. The average molecular weight is 768 g/mol. The number of phosphoric ester groups is 1. The van der Waals surface area contributed by atoms with Gasteiger partial charge in [-0.2, -0.15) is 0 Å². The summed E-state index contributed by atoms with van der Waals surface area (Å²) in [7, 11) is -4.72. The van der Waals surface area contributed by atoms with Crippen LogP contribution in [-0.4, -0.2) is 64.4 Å². The van der Waals surface area contributed by atoms with Crippen molar-refractivity contribution in [3.8, 4) is 11.5 Å². The second-order valence-electron chi connectivity index (χ2n) is 13.2. The van der Waals surface area contributed by atoms with Crippen LogP contribution in [0.25, 0.3) is 11.2 Å². The topological polar surface area (TPSA) is 205 Å². The van der Waals surface area contributed by atoms with Gasteiger partial charge in [0.15, 0.2) is 17.7 Å². The third kappa shape index (κ3) is 9.21. The minimum Gasteiger partial charge on any atom is -0.485 e. The Morgan fingerprint density at radius 1 is 0.727 bits per heavy atom. The zero-order valence-corrected chi connectivity index (χ0v) is 30.6. The number of aliphatic hydroxyl groups excluding tert-OH is 2. The van der Waals surface area contributed by atoms with Crippen molar-refractivity contribution in [1.29, 1.82) is 0 Å². The van der Waals surface area contributed by atoms with Gasteiger partial charge in [0, 0.05) is 0 Å². The zero-order chi connectivity index (χ0) is 38.4. The number of nitrogens with two attached hydrogens (primary N) is 1. The highest BCUT2D eigenvalue weighted by Gasteiger charge is 2.45. The lowest BCUT2D eigenvalue weighted by atomic mass is 9.98. The molecule has 0 aliphatic carbocycles. The van der Waals surface area contributed by atoms with E-state index >= 15 is 0 Å². The predicted octanol–water partition coefficient (Wildman–Crippen LogP) is 5.64. The van der Waals surface area contributed by atoms with Crippen LogP contribution < -0.4 is 15.2 Å². The number of hydrogen-bond acceptors (Lipinski definition) is 11. The first-order valence-electron chi connectivity index (χ1n) is 17.9. The number of hydrogen-bond donors (Lipinski definition) is 5. The van der Waals surface area contributed by atoms with Crippen molar-refractivity contribution >= 4 is 24.8 Å². The lowest BCUT2D eigenvalue weighted by molar-refractivity contribution is -0.0504. The molecule has 5 heterocycles. The Morgan fingerprint density at radius 3 is 1.80 bits per heavy atom. The van der Waals surface area contributed by atoms with Crippen LogP contribution in [0.2, 0.25) is 0 Å². The quantitative estimate of drug-likeness (QED) is 0.130. The summed E-state index contributed by atoms with van der Waals surface area (Å²) in [5, 5.41) is 20.1. The first-order valence-corrected chi connectivity index (χ1v) is 19.4. The third-order valence-electron chi connectivity index (χ3n) is 9.58. The van der Waals surface area contributed by atoms with Crippen LogP contribution in [0.5, 0.6) is 11.5 Å². The maximum atomic E-state index is 10.7. The van der Waals surface area contributed by atoms with Crippen LogP contribution in [0.15, 0.2) is 122 Å². The van der Waals surface area contributed by atoms with E-state index in [4.69, 9.17) is 29.7 Å². The Bertz CT molecular complexity index is 2130. The lowest BCUT2D eigenvalue weighted by Crippen LogP contribution is -2.33. The van der Waals surface area contributed by atoms with Crippen molar-refractivity contribution in [1.82, 2.24) is 19.5 Å². The van der Waals surface area contributed by atoms with Crippen molar-refractivity contribution in [2.45, 2.75) is 62.4 Å². The van der Waals surface area contributed by atoms with E-state index in [-0.39, 0.29) is 23.7 Å². The van der Waals surface area contributed by atoms with Gasteiger partial charge in [0.25, 0.3) is 0 Å². The molecule has 1 fully saturated rings. The summed E-state index contributed by atoms with van der Waals surface area (Å²) in [5.41, 5.74) is 11.5. The van der Waals surface area contributed by atoms with Gasteiger partial charge in [-0.15, -0.1) is 0 Å². The van der Waals surface area contributed by atoms with Crippen LogP contribution in [0.3, 0.4) is 0 Å². The van der Waals surface area contributed by atoms with Gasteiger partial charge in [-0.1, -0.05) is 97.1 Å². The third-order valence-corrected chi connectivity index (χ3v) is 10.1. The van der Waals surface area contributed by atoms with Crippen molar-refractivity contribution < 1.29 is 43.3 Å². The van der Waals surface area contributed by atoms with Gasteiger partial charge in [0.05, 0.1) is 12.9 Å². The molecule has 6 N–H and O–H groups in total. The molecule has 6 atom stereocenters. The molecule has 2 unspecified atom stereocenters. The summed E-state index contributed by atoms with van der Waals surface area (Å²) >= 11 is 0. The van der Waals surface area contributed by atoms with Gasteiger partial charge in [0.2, 0.25) is 0 Å². The fourth-order valence-electron chi connectivity index (χ4n) is 6.78. The maximum absolute atomic E-state index is 10.7. The molecule has 15 heteroatoms. The Morgan fingerprint density at radius 2 is 1.25 bits per heavy atom. The highest BCUT2D eigenvalue weighted by molar-refractivity contribution is 7.46. The number of aliphatic hydroxyl groups is 2. The molecule has 14 nitrogen and oxygen atoms in total. The molecule has 9 rings (SSSR count). The smallest absolute Gasteiger partial charge is 0.469 e. The average Bonchev–Trinajstić information content (AvgIpc) is 3.78. The van der Waals surface area contributed by atoms with Crippen LogP contribution in [0.4, 0.5) is 5.82 Å². The van der Waals surface area contributed by atoms with Gasteiger partial charge in [-0.25, -0.2) is 19.5 Å². The highest BCUT2D eigenvalue weighted by atomic mass is 31.2. The first kappa shape index (κ1) is 38.1. The normalized spacial score (nSPS) is 22.8. The summed E-state index contributed by atoms with van der Waals surface area (Å²) in [6.45, 7) is -0.594. The molecule has 0 bridgehead atoms. The number of fused-ring (bicyclic) bond motifs is 3. The Hall–Kier alpha value is -5.18. The van der Waals surface area contributed by atoms with E-state index in [1.807, 2.05) is 24.3 Å². The number of imidazole rings is 1. The molecule has 286 valence electrons. The number of aryl methyl sites for hydroxylation is 2. The Kier molecular flexibility index (Phi) is 11.8. The molecule has 3 aliphatic rings. The number of para-hydroxylation sites is 2. The lowest BCUT2D eigenvalue weighted by Gasteiger charge is -2.26. The second-order valence-corrected chi connectivity index (χ2v) is 14.5. The maximum Gasteiger partial charge on any atom is 0.469 e. The molecule has 0 saturated carbocycles. The van der Waals surface area contributed by atoms with Crippen LogP contribution in [0, 0.1) is 0 Å². The summed E-state index contributed by atoms with van der Waals surface area (Å²) < 4.78 is 33.8. The summed E-state index contributed by atoms with van der Waals surface area (Å²) in [6.07, 6.45) is 2.30. The molecule has 4 aromatic carbocycles. The van der Waals surface area contributed by atoms with Crippen molar-refractivity contribution in [2.75, 3.05) is 12.3 Å². The molecule has 6 aromatic rings. The molecule has 0 radical (unpaired) electrons. The minimum absolute atomic E-state index is 0.142. The molecule has 0 amide bonds. The second kappa shape index (κ2) is 17.1. The van der Waals surface area contributed by atoms with E-state index in [1.54, 1.807) is 0 Å². The monoisotopic (exact) mass is 767 g/mol. The van der Waals surface area contributed by atoms with E-state index in [1.165, 1.54) is 39.5 Å².